The zero-order valence-corrected chi connectivity index (χ0v) is 24.9. The predicted octanol–water partition coefficient (Wildman–Crippen LogP) is 4.50. The fourth-order valence-corrected chi connectivity index (χ4v) is 4.78. The van der Waals surface area contributed by atoms with E-state index in [9.17, 15) is 13.2 Å². The Kier molecular flexibility index (Phi) is 11.0. The van der Waals surface area contributed by atoms with Crippen LogP contribution in [0.4, 0.5) is 0 Å². The Morgan fingerprint density at radius 1 is 0.721 bits per heavy atom. The van der Waals surface area contributed by atoms with Crippen molar-refractivity contribution in [1.82, 2.24) is 0 Å². The lowest BCUT2D eigenvalue weighted by atomic mass is 10.1. The van der Waals surface area contributed by atoms with E-state index >= 15 is 0 Å². The zero-order valence-electron chi connectivity index (χ0n) is 24.1. The van der Waals surface area contributed by atoms with Gasteiger partial charge in [-0.1, -0.05) is 17.7 Å². The first-order valence-corrected chi connectivity index (χ1v) is 14.4. The van der Waals surface area contributed by atoms with E-state index in [1.54, 1.807) is 48.5 Å². The summed E-state index contributed by atoms with van der Waals surface area (Å²) in [6.45, 7) is 1.21. The van der Waals surface area contributed by atoms with E-state index in [1.807, 2.05) is 6.92 Å². The van der Waals surface area contributed by atoms with Crippen LogP contribution in [0, 0.1) is 6.92 Å². The van der Waals surface area contributed by atoms with Crippen LogP contribution in [0.15, 0.2) is 74.8 Å². The van der Waals surface area contributed by atoms with Crippen LogP contribution in [0.5, 0.6) is 23.0 Å². The fourth-order valence-electron chi connectivity index (χ4n) is 3.88. The molecule has 12 nitrogen and oxygen atoms in total. The van der Waals surface area contributed by atoms with Gasteiger partial charge in [0.25, 0.3) is 10.1 Å². The van der Waals surface area contributed by atoms with Gasteiger partial charge in [-0.05, 0) is 49.4 Å². The number of fused-ring (bicyclic) bond motifs is 1. The van der Waals surface area contributed by atoms with E-state index in [4.69, 9.17) is 41.8 Å². The van der Waals surface area contributed by atoms with Gasteiger partial charge in [0.2, 0.25) is 11.2 Å². The summed E-state index contributed by atoms with van der Waals surface area (Å²) in [6, 6.07) is 15.9. The quantitative estimate of drug-likeness (QED) is 0.0995. The van der Waals surface area contributed by atoms with Crippen molar-refractivity contribution in [3.63, 3.8) is 0 Å². The van der Waals surface area contributed by atoms with Gasteiger partial charge in [0.1, 0.15) is 24.5 Å². The Labute approximate surface area is 248 Å². The van der Waals surface area contributed by atoms with E-state index in [0.29, 0.717) is 11.3 Å². The summed E-state index contributed by atoms with van der Waals surface area (Å²) in [5.74, 6) is 0.988. The highest BCUT2D eigenvalue weighted by molar-refractivity contribution is 7.86. The summed E-state index contributed by atoms with van der Waals surface area (Å²) in [5.41, 5.74) is 1.18. The highest BCUT2D eigenvalue weighted by Gasteiger charge is 2.21. The molecule has 4 aromatic rings. The molecule has 0 bridgehead atoms. The number of aryl methyl sites for hydroxylation is 1. The Balaban J connectivity index is 1.61. The van der Waals surface area contributed by atoms with E-state index in [-0.39, 0.29) is 72.5 Å². The molecule has 0 aliphatic rings. The van der Waals surface area contributed by atoms with Crippen molar-refractivity contribution < 1.29 is 50.2 Å². The van der Waals surface area contributed by atoms with Crippen LogP contribution in [0.3, 0.4) is 0 Å². The molecule has 0 atom stereocenters. The minimum atomic E-state index is -3.95. The molecule has 0 aliphatic heterocycles. The maximum atomic E-state index is 13.4. The lowest BCUT2D eigenvalue weighted by Crippen LogP contribution is -2.14. The van der Waals surface area contributed by atoms with Gasteiger partial charge >= 0.3 is 0 Å². The van der Waals surface area contributed by atoms with Crippen molar-refractivity contribution in [3.8, 4) is 34.3 Å². The first-order valence-electron chi connectivity index (χ1n) is 13.0. The highest BCUT2D eigenvalue weighted by Crippen LogP contribution is 2.37. The Morgan fingerprint density at radius 2 is 1.42 bits per heavy atom. The number of rotatable bonds is 16. The van der Waals surface area contributed by atoms with Crippen molar-refractivity contribution in [2.75, 3.05) is 54.9 Å². The minimum absolute atomic E-state index is 0.0161. The summed E-state index contributed by atoms with van der Waals surface area (Å²) in [6.07, 6.45) is 0. The monoisotopic (exact) mass is 616 g/mol. The molecular formula is C30H32O12S. The molecule has 0 fully saturated rings. The van der Waals surface area contributed by atoms with E-state index in [1.165, 1.54) is 33.5 Å². The number of benzene rings is 3. The molecular weight excluding hydrogens is 584 g/mol. The number of ether oxygens (including phenoxy) is 7. The van der Waals surface area contributed by atoms with E-state index in [0.717, 1.165) is 5.56 Å². The molecule has 1 aromatic heterocycles. The van der Waals surface area contributed by atoms with Gasteiger partial charge in [-0.3, -0.25) is 8.98 Å². The number of hydrogen-bond donors (Lipinski definition) is 0. The molecule has 0 N–H and O–H groups in total. The van der Waals surface area contributed by atoms with Crippen LogP contribution in [0.2, 0.25) is 0 Å². The van der Waals surface area contributed by atoms with Crippen molar-refractivity contribution >= 4 is 21.1 Å². The van der Waals surface area contributed by atoms with Crippen LogP contribution in [-0.2, 0) is 28.5 Å². The Hall–Kier alpha value is -4.14. The molecule has 0 aliphatic carbocycles. The Morgan fingerprint density at radius 3 is 2.14 bits per heavy atom. The molecule has 230 valence electrons. The number of hydrogen-bond acceptors (Lipinski definition) is 12. The summed E-state index contributed by atoms with van der Waals surface area (Å²) < 4.78 is 73.8. The molecule has 0 saturated heterocycles. The van der Waals surface area contributed by atoms with Gasteiger partial charge in [0.15, 0.2) is 37.6 Å². The van der Waals surface area contributed by atoms with Crippen LogP contribution >= 0.6 is 0 Å². The summed E-state index contributed by atoms with van der Waals surface area (Å²) in [4.78, 5) is 13.5. The zero-order chi connectivity index (χ0) is 30.8. The first kappa shape index (κ1) is 31.8. The second-order valence-corrected chi connectivity index (χ2v) is 10.6. The smallest absolute Gasteiger partial charge is 0.297 e. The third kappa shape index (κ3) is 8.03. The maximum absolute atomic E-state index is 13.4. The van der Waals surface area contributed by atoms with Gasteiger partial charge in [0.05, 0.1) is 10.3 Å². The van der Waals surface area contributed by atoms with Crippen LogP contribution in [0.1, 0.15) is 5.56 Å². The maximum Gasteiger partial charge on any atom is 0.297 e. The van der Waals surface area contributed by atoms with Gasteiger partial charge in [-0.25, -0.2) is 0 Å². The average molecular weight is 617 g/mol. The second kappa shape index (κ2) is 14.8. The van der Waals surface area contributed by atoms with Crippen LogP contribution in [-0.4, -0.2) is 63.3 Å². The van der Waals surface area contributed by atoms with E-state index in [2.05, 4.69) is 0 Å². The standard InChI is InChI=1S/C30H32O12S/c1-20-5-9-23(10-6-20)43(32,33)41-14-13-37-25-12-7-21(15-27(25)39-18-35-3)29-30(40-19-36-4)28(31)24-11-8-22(38-17-34-2)16-26(24)42-29/h5-12,15-16H,13-14,17-19H2,1-4H3. The van der Waals surface area contributed by atoms with Crippen molar-refractivity contribution in [1.29, 1.82) is 0 Å². The molecule has 0 radical (unpaired) electrons. The molecule has 43 heavy (non-hydrogen) atoms. The van der Waals surface area contributed by atoms with Gasteiger partial charge in [0, 0.05) is 33.0 Å². The molecule has 0 saturated carbocycles. The molecule has 3 aromatic carbocycles. The summed E-state index contributed by atoms with van der Waals surface area (Å²) in [7, 11) is 0.427. The van der Waals surface area contributed by atoms with Gasteiger partial charge < -0.3 is 37.6 Å². The first-order chi connectivity index (χ1) is 20.8. The largest absolute Gasteiger partial charge is 0.487 e. The lowest BCUT2D eigenvalue weighted by molar-refractivity contribution is 0.0482. The topological polar surface area (TPSA) is 138 Å². The van der Waals surface area contributed by atoms with Crippen molar-refractivity contribution in [2.45, 2.75) is 11.8 Å². The molecule has 4 rings (SSSR count). The molecule has 1 heterocycles. The summed E-state index contributed by atoms with van der Waals surface area (Å²) >= 11 is 0. The van der Waals surface area contributed by atoms with Gasteiger partial charge in [-0.2, -0.15) is 8.42 Å². The number of methoxy groups -OCH3 is 3. The molecule has 0 amide bonds. The van der Waals surface area contributed by atoms with Crippen LogP contribution in [0.25, 0.3) is 22.3 Å². The van der Waals surface area contributed by atoms with Crippen LogP contribution < -0.4 is 24.4 Å². The van der Waals surface area contributed by atoms with Gasteiger partial charge in [-0.15, -0.1) is 0 Å². The second-order valence-electron chi connectivity index (χ2n) is 9.00. The van der Waals surface area contributed by atoms with Crippen molar-refractivity contribution in [2.24, 2.45) is 0 Å². The minimum Gasteiger partial charge on any atom is -0.487 e. The third-order valence-electron chi connectivity index (χ3n) is 5.91. The normalized spacial score (nSPS) is 11.4. The third-order valence-corrected chi connectivity index (χ3v) is 7.24. The SMILES string of the molecule is COCOc1ccc2c(=O)c(OCOC)c(-c3ccc(OCCOS(=O)(=O)c4ccc(C)cc4)c(OCOC)c3)oc2c1. The van der Waals surface area contributed by atoms with E-state index < -0.39 is 15.5 Å². The summed E-state index contributed by atoms with van der Waals surface area (Å²) in [5, 5.41) is 0.274. The fraction of sp³-hybridized carbons (Fsp3) is 0.300. The predicted molar refractivity (Wildman–Crippen MR) is 155 cm³/mol. The lowest BCUT2D eigenvalue weighted by Gasteiger charge is -2.15. The average Bonchev–Trinajstić information content (AvgIpc) is 3.01. The molecule has 0 spiro atoms. The Bertz CT molecular complexity index is 1680. The molecule has 13 heteroatoms. The van der Waals surface area contributed by atoms with Crippen molar-refractivity contribution in [3.05, 3.63) is 76.5 Å². The highest BCUT2D eigenvalue weighted by atomic mass is 32.2. The molecule has 0 unspecified atom stereocenters.